The van der Waals surface area contributed by atoms with Gasteiger partial charge in [-0.05, 0) is 29.8 Å². The molecular weight excluding hydrogens is 254 g/mol. The van der Waals surface area contributed by atoms with Gasteiger partial charge in [-0.15, -0.1) is 3.89 Å². The van der Waals surface area contributed by atoms with Gasteiger partial charge in [0.1, 0.15) is 4.90 Å². The average Bonchev–Trinajstić information content (AvgIpc) is 2.01. The summed E-state index contributed by atoms with van der Waals surface area (Å²) in [6.45, 7) is 0. The maximum Gasteiger partial charge on any atom is 0.332 e. The van der Waals surface area contributed by atoms with Gasteiger partial charge in [-0.25, -0.2) is 0 Å². The summed E-state index contributed by atoms with van der Waals surface area (Å²) in [6, 6.07) is 2.79. The highest BCUT2D eigenvalue weighted by atomic mass is 35.5. The van der Waals surface area contributed by atoms with E-state index in [1.807, 2.05) is 0 Å². The zero-order valence-electron chi connectivity index (χ0n) is 6.50. The van der Waals surface area contributed by atoms with Crippen molar-refractivity contribution in [3.63, 3.8) is 0 Å². The zero-order chi connectivity index (χ0) is 10.9. The van der Waals surface area contributed by atoms with Crippen LogP contribution in [-0.2, 0) is 10.2 Å². The molecule has 7 heteroatoms. The van der Waals surface area contributed by atoms with Gasteiger partial charge in [0.05, 0.1) is 10.6 Å². The van der Waals surface area contributed by atoms with Crippen LogP contribution in [-0.4, -0.2) is 13.7 Å². The van der Waals surface area contributed by atoms with Crippen molar-refractivity contribution >= 4 is 38.7 Å². The van der Waals surface area contributed by atoms with Crippen molar-refractivity contribution in [2.45, 2.75) is 4.90 Å². The molecule has 1 aromatic rings. The van der Waals surface area contributed by atoms with Crippen molar-refractivity contribution in [3.8, 4) is 0 Å². The lowest BCUT2D eigenvalue weighted by atomic mass is 10.2. The molecule has 0 N–H and O–H groups in total. The molecule has 0 radical (unpaired) electrons. The lowest BCUT2D eigenvalue weighted by Gasteiger charge is -1.99. The summed E-state index contributed by atoms with van der Waals surface area (Å²) in [5.41, 5.74) is -0.0688. The Labute approximate surface area is 89.7 Å². The number of carbonyl (C=O) groups excluding carboxylic acids is 1. The van der Waals surface area contributed by atoms with Gasteiger partial charge >= 0.3 is 10.2 Å². The molecule has 0 bridgehead atoms. The summed E-state index contributed by atoms with van der Waals surface area (Å²) in [6.07, 6.45) is 0. The lowest BCUT2D eigenvalue weighted by molar-refractivity contribution is 0.108. The second kappa shape index (κ2) is 3.84. The average molecular weight is 257 g/mol. The fourth-order valence-electron chi connectivity index (χ4n) is 0.807. The summed E-state index contributed by atoms with van der Waals surface area (Å²) >= 11 is 10.6. The van der Waals surface area contributed by atoms with E-state index in [1.54, 1.807) is 0 Å². The van der Waals surface area contributed by atoms with Crippen molar-refractivity contribution < 1.29 is 17.1 Å². The molecule has 76 valence electrons. The number of benzene rings is 1. The molecule has 0 aromatic heterocycles. The minimum atomic E-state index is -4.81. The molecule has 0 fully saturated rings. The molecule has 3 nitrogen and oxygen atoms in total. The molecule has 1 rings (SSSR count). The molecule has 1 aromatic carbocycles. The van der Waals surface area contributed by atoms with Gasteiger partial charge in [0.15, 0.2) is 0 Å². The fourth-order valence-corrected chi connectivity index (χ4v) is 1.84. The summed E-state index contributed by atoms with van der Waals surface area (Å²) in [5.74, 6) is 0. The highest BCUT2D eigenvalue weighted by molar-refractivity contribution is 7.86. The Bertz CT molecular complexity index is 484. The molecule has 0 saturated carbocycles. The van der Waals surface area contributed by atoms with Gasteiger partial charge in [-0.1, -0.05) is 11.6 Å². The van der Waals surface area contributed by atoms with Crippen LogP contribution in [0.2, 0.25) is 5.02 Å². The normalized spacial score (nSPS) is 11.4. The molecule has 0 aliphatic heterocycles. The monoisotopic (exact) mass is 256 g/mol. The number of rotatable bonds is 2. The highest BCUT2D eigenvalue weighted by Crippen LogP contribution is 2.23. The van der Waals surface area contributed by atoms with Crippen LogP contribution >= 0.6 is 23.2 Å². The van der Waals surface area contributed by atoms with Gasteiger partial charge in [0, 0.05) is 0 Å². The van der Waals surface area contributed by atoms with Gasteiger partial charge in [-0.3, -0.25) is 4.79 Å². The van der Waals surface area contributed by atoms with Gasteiger partial charge in [-0.2, -0.15) is 8.42 Å². The van der Waals surface area contributed by atoms with Crippen LogP contribution in [0.25, 0.3) is 0 Å². The van der Waals surface area contributed by atoms with Gasteiger partial charge < -0.3 is 0 Å². The van der Waals surface area contributed by atoms with Crippen molar-refractivity contribution in [3.05, 3.63) is 28.8 Å². The van der Waals surface area contributed by atoms with Crippen LogP contribution < -0.4 is 0 Å². The number of halogens is 3. The Morgan fingerprint density at radius 3 is 2.29 bits per heavy atom. The van der Waals surface area contributed by atoms with Crippen molar-refractivity contribution in [2.24, 2.45) is 0 Å². The van der Waals surface area contributed by atoms with Crippen LogP contribution in [0.5, 0.6) is 0 Å². The van der Waals surface area contributed by atoms with Gasteiger partial charge in [0.2, 0.25) is 0 Å². The standard InChI is InChI=1S/C7H3Cl2FO3S/c8-6-3-4(14(10,12)13)1-2-5(6)7(9)11/h1-3H. The third-order valence-electron chi connectivity index (χ3n) is 1.43. The smallest absolute Gasteiger partial charge is 0.276 e. The first-order valence-corrected chi connectivity index (χ1v) is 5.40. The van der Waals surface area contributed by atoms with Crippen molar-refractivity contribution in [1.29, 1.82) is 0 Å². The van der Waals surface area contributed by atoms with E-state index in [1.165, 1.54) is 0 Å². The molecule has 0 spiro atoms. The van der Waals surface area contributed by atoms with E-state index in [4.69, 9.17) is 23.2 Å². The number of carbonyl (C=O) groups is 1. The molecule has 0 aliphatic carbocycles. The largest absolute Gasteiger partial charge is 0.332 e. The van der Waals surface area contributed by atoms with Crippen LogP contribution in [0.4, 0.5) is 3.89 Å². The van der Waals surface area contributed by atoms with Crippen molar-refractivity contribution in [2.75, 3.05) is 0 Å². The lowest BCUT2D eigenvalue weighted by Crippen LogP contribution is -1.95. The summed E-state index contributed by atoms with van der Waals surface area (Å²) in [5, 5.41) is -1.04. The molecule has 14 heavy (non-hydrogen) atoms. The third kappa shape index (κ3) is 2.43. The van der Waals surface area contributed by atoms with E-state index >= 15 is 0 Å². The maximum absolute atomic E-state index is 12.4. The summed E-state index contributed by atoms with van der Waals surface area (Å²) < 4.78 is 33.3. The quantitative estimate of drug-likeness (QED) is 0.764. The Hall–Kier alpha value is -0.650. The van der Waals surface area contributed by atoms with E-state index < -0.39 is 20.4 Å². The minimum absolute atomic E-state index is 0.0688. The van der Waals surface area contributed by atoms with Crippen LogP contribution in [0.15, 0.2) is 23.1 Å². The Morgan fingerprint density at radius 2 is 1.93 bits per heavy atom. The number of hydrogen-bond donors (Lipinski definition) is 0. The Balaban J connectivity index is 3.34. The van der Waals surface area contributed by atoms with E-state index in [0.29, 0.717) is 0 Å². The molecule has 0 unspecified atom stereocenters. The first-order valence-electron chi connectivity index (χ1n) is 3.26. The topological polar surface area (TPSA) is 51.2 Å². The van der Waals surface area contributed by atoms with Crippen LogP contribution in [0, 0.1) is 0 Å². The summed E-state index contributed by atoms with van der Waals surface area (Å²) in [7, 11) is -4.81. The Kier molecular flexibility index (Phi) is 3.14. The molecule has 0 heterocycles. The van der Waals surface area contributed by atoms with E-state index in [2.05, 4.69) is 0 Å². The highest BCUT2D eigenvalue weighted by Gasteiger charge is 2.15. The molecule has 0 atom stereocenters. The predicted molar refractivity (Wildman–Crippen MR) is 49.9 cm³/mol. The van der Waals surface area contributed by atoms with Crippen molar-refractivity contribution in [1.82, 2.24) is 0 Å². The fraction of sp³-hybridized carbons (Fsp3) is 0. The van der Waals surface area contributed by atoms with E-state index in [-0.39, 0.29) is 10.6 Å². The molecule has 0 aliphatic rings. The first kappa shape index (κ1) is 11.4. The summed E-state index contributed by atoms with van der Waals surface area (Å²) in [4.78, 5) is 10.1. The second-order valence-corrected chi connectivity index (χ2v) is 4.45. The molecule has 0 saturated heterocycles. The van der Waals surface area contributed by atoms with Crippen LogP contribution in [0.1, 0.15) is 10.4 Å². The number of hydrogen-bond acceptors (Lipinski definition) is 3. The first-order chi connectivity index (χ1) is 6.32. The zero-order valence-corrected chi connectivity index (χ0v) is 8.83. The Morgan fingerprint density at radius 1 is 1.36 bits per heavy atom. The van der Waals surface area contributed by atoms with Gasteiger partial charge in [0.25, 0.3) is 5.24 Å². The molecular formula is C7H3Cl2FO3S. The second-order valence-electron chi connectivity index (χ2n) is 2.35. The SMILES string of the molecule is O=C(Cl)c1ccc(S(=O)(=O)F)cc1Cl. The predicted octanol–water partition coefficient (Wildman–Crippen LogP) is 2.38. The van der Waals surface area contributed by atoms with E-state index in [0.717, 1.165) is 18.2 Å². The maximum atomic E-state index is 12.4. The van der Waals surface area contributed by atoms with Crippen LogP contribution in [0.3, 0.4) is 0 Å². The van der Waals surface area contributed by atoms with E-state index in [9.17, 15) is 17.1 Å². The third-order valence-corrected chi connectivity index (χ3v) is 2.77. The molecule has 0 amide bonds. The minimum Gasteiger partial charge on any atom is -0.276 e.